The fourth-order valence-corrected chi connectivity index (χ4v) is 2.40. The summed E-state index contributed by atoms with van der Waals surface area (Å²) in [5.74, 6) is 0. The number of para-hydroxylation sites is 1. The second-order valence-corrected chi connectivity index (χ2v) is 4.76. The van der Waals surface area contributed by atoms with E-state index in [2.05, 4.69) is 45.2 Å². The molecule has 1 heterocycles. The van der Waals surface area contributed by atoms with Gasteiger partial charge >= 0.3 is 0 Å². The van der Waals surface area contributed by atoms with Gasteiger partial charge in [-0.05, 0) is 33.6 Å². The second-order valence-electron chi connectivity index (χ2n) is 3.90. The Kier molecular flexibility index (Phi) is 2.65. The molecule has 0 atom stereocenters. The van der Waals surface area contributed by atoms with Crippen molar-refractivity contribution in [3.63, 3.8) is 0 Å². The Morgan fingerprint density at radius 2 is 1.65 bits per heavy atom. The zero-order valence-corrected chi connectivity index (χ0v) is 10.7. The molecule has 0 spiro atoms. The minimum atomic E-state index is 1.01. The molecule has 0 N–H and O–H groups in total. The summed E-state index contributed by atoms with van der Waals surface area (Å²) in [5, 5.41) is 1.15. The molecule has 1 nitrogen and oxygen atoms in total. The largest absolute Gasteiger partial charge is 0.254 e. The highest BCUT2D eigenvalue weighted by Gasteiger charge is 2.02. The monoisotopic (exact) mass is 283 g/mol. The molecule has 1 aromatic heterocycles. The number of hydrogen-bond acceptors (Lipinski definition) is 1. The summed E-state index contributed by atoms with van der Waals surface area (Å²) >= 11 is 3.52. The van der Waals surface area contributed by atoms with Crippen molar-refractivity contribution in [2.45, 2.75) is 0 Å². The summed E-state index contributed by atoms with van der Waals surface area (Å²) in [7, 11) is 0. The van der Waals surface area contributed by atoms with E-state index in [0.717, 1.165) is 20.9 Å². The third kappa shape index (κ3) is 1.96. The number of aromatic nitrogens is 1. The number of nitrogens with zero attached hydrogens (tertiary/aromatic N) is 1. The molecule has 82 valence electrons. The van der Waals surface area contributed by atoms with Crippen molar-refractivity contribution in [1.29, 1.82) is 0 Å². The Labute approximate surface area is 108 Å². The van der Waals surface area contributed by atoms with Gasteiger partial charge in [0.2, 0.25) is 0 Å². The zero-order chi connectivity index (χ0) is 11.7. The maximum atomic E-state index is 4.51. The van der Waals surface area contributed by atoms with Crippen molar-refractivity contribution >= 4 is 26.8 Å². The average Bonchev–Trinajstić information content (AvgIpc) is 2.40. The third-order valence-corrected chi connectivity index (χ3v) is 3.41. The molecular formula is C15H10BrN. The van der Waals surface area contributed by atoms with Crippen LogP contribution in [-0.4, -0.2) is 4.98 Å². The molecule has 0 amide bonds. The fraction of sp³-hybridized carbons (Fsp3) is 0. The lowest BCUT2D eigenvalue weighted by atomic mass is 10.1. The lowest BCUT2D eigenvalue weighted by molar-refractivity contribution is 1.40. The minimum Gasteiger partial charge on any atom is -0.254 e. The van der Waals surface area contributed by atoms with Gasteiger partial charge in [0.1, 0.15) is 0 Å². The van der Waals surface area contributed by atoms with Crippen LogP contribution in [0.1, 0.15) is 0 Å². The van der Waals surface area contributed by atoms with Crippen LogP contribution in [-0.2, 0) is 0 Å². The average molecular weight is 284 g/mol. The standard InChI is InChI=1S/C15H10BrN/c16-14-8-4-7-12-9-13(10-17-15(12)14)11-5-2-1-3-6-11/h1-10H. The van der Waals surface area contributed by atoms with Gasteiger partial charge in [0, 0.05) is 21.6 Å². The number of pyridine rings is 1. The Morgan fingerprint density at radius 1 is 0.824 bits per heavy atom. The second kappa shape index (κ2) is 4.30. The quantitative estimate of drug-likeness (QED) is 0.633. The van der Waals surface area contributed by atoms with Gasteiger partial charge in [-0.15, -0.1) is 0 Å². The molecule has 0 aliphatic heterocycles. The lowest BCUT2D eigenvalue weighted by Gasteiger charge is -2.04. The molecule has 3 rings (SSSR count). The molecule has 0 unspecified atom stereocenters. The molecule has 0 fully saturated rings. The number of halogens is 1. The maximum absolute atomic E-state index is 4.51. The van der Waals surface area contributed by atoms with Crippen molar-refractivity contribution in [2.24, 2.45) is 0 Å². The first-order valence-corrected chi connectivity index (χ1v) is 6.23. The van der Waals surface area contributed by atoms with Crippen molar-refractivity contribution < 1.29 is 0 Å². The van der Waals surface area contributed by atoms with Gasteiger partial charge in [-0.3, -0.25) is 4.98 Å². The van der Waals surface area contributed by atoms with E-state index >= 15 is 0 Å². The van der Waals surface area contributed by atoms with Crippen LogP contribution < -0.4 is 0 Å². The molecular weight excluding hydrogens is 274 g/mol. The lowest BCUT2D eigenvalue weighted by Crippen LogP contribution is -1.83. The fourth-order valence-electron chi connectivity index (χ4n) is 1.91. The zero-order valence-electron chi connectivity index (χ0n) is 9.10. The molecule has 0 radical (unpaired) electrons. The van der Waals surface area contributed by atoms with Gasteiger partial charge in [-0.2, -0.15) is 0 Å². The van der Waals surface area contributed by atoms with Gasteiger partial charge in [0.05, 0.1) is 5.52 Å². The van der Waals surface area contributed by atoms with Gasteiger partial charge < -0.3 is 0 Å². The van der Waals surface area contributed by atoms with Crippen molar-refractivity contribution in [3.05, 3.63) is 65.3 Å². The summed E-state index contributed by atoms with van der Waals surface area (Å²) in [4.78, 5) is 4.51. The van der Waals surface area contributed by atoms with Crippen LogP contribution in [0.4, 0.5) is 0 Å². The van der Waals surface area contributed by atoms with Crippen LogP contribution in [0.15, 0.2) is 65.3 Å². The van der Waals surface area contributed by atoms with Crippen molar-refractivity contribution in [2.75, 3.05) is 0 Å². The van der Waals surface area contributed by atoms with Crippen LogP contribution in [0.25, 0.3) is 22.0 Å². The molecule has 2 heteroatoms. The van der Waals surface area contributed by atoms with E-state index in [9.17, 15) is 0 Å². The molecule has 17 heavy (non-hydrogen) atoms. The first-order chi connectivity index (χ1) is 8.34. The van der Waals surface area contributed by atoms with Crippen LogP contribution in [0, 0.1) is 0 Å². The molecule has 3 aromatic rings. The molecule has 0 bridgehead atoms. The van der Waals surface area contributed by atoms with Crippen molar-refractivity contribution in [3.8, 4) is 11.1 Å². The molecule has 2 aromatic carbocycles. The Balaban J connectivity index is 2.21. The van der Waals surface area contributed by atoms with Crippen LogP contribution in [0.2, 0.25) is 0 Å². The highest BCUT2D eigenvalue weighted by Crippen LogP contribution is 2.26. The predicted molar refractivity (Wildman–Crippen MR) is 74.9 cm³/mol. The normalized spacial score (nSPS) is 10.6. The van der Waals surface area contributed by atoms with Crippen LogP contribution in [0.3, 0.4) is 0 Å². The Morgan fingerprint density at radius 3 is 2.47 bits per heavy atom. The van der Waals surface area contributed by atoms with Gasteiger partial charge in [0.15, 0.2) is 0 Å². The van der Waals surface area contributed by atoms with E-state index in [0.29, 0.717) is 0 Å². The number of benzene rings is 2. The van der Waals surface area contributed by atoms with Gasteiger partial charge in [-0.1, -0.05) is 42.5 Å². The summed E-state index contributed by atoms with van der Waals surface area (Å²) in [5.41, 5.74) is 3.35. The van der Waals surface area contributed by atoms with E-state index < -0.39 is 0 Å². The van der Waals surface area contributed by atoms with Crippen LogP contribution in [0.5, 0.6) is 0 Å². The predicted octanol–water partition coefficient (Wildman–Crippen LogP) is 4.66. The van der Waals surface area contributed by atoms with E-state index in [4.69, 9.17) is 0 Å². The summed E-state index contributed by atoms with van der Waals surface area (Å²) in [6.07, 6.45) is 1.92. The van der Waals surface area contributed by atoms with Crippen molar-refractivity contribution in [1.82, 2.24) is 4.98 Å². The van der Waals surface area contributed by atoms with Gasteiger partial charge in [-0.25, -0.2) is 0 Å². The maximum Gasteiger partial charge on any atom is 0.0844 e. The van der Waals surface area contributed by atoms with Gasteiger partial charge in [0.25, 0.3) is 0 Å². The molecule has 0 saturated heterocycles. The van der Waals surface area contributed by atoms with E-state index in [1.807, 2.05) is 36.5 Å². The first kappa shape index (κ1) is 10.5. The first-order valence-electron chi connectivity index (χ1n) is 5.44. The number of fused-ring (bicyclic) bond motifs is 1. The summed E-state index contributed by atoms with van der Waals surface area (Å²) < 4.78 is 1.04. The molecule has 0 aliphatic rings. The minimum absolute atomic E-state index is 1.01. The Bertz CT molecular complexity index is 662. The topological polar surface area (TPSA) is 12.9 Å². The number of hydrogen-bond donors (Lipinski definition) is 0. The summed E-state index contributed by atoms with van der Waals surface area (Å²) in [6, 6.07) is 18.6. The van der Waals surface area contributed by atoms with E-state index in [1.165, 1.54) is 5.56 Å². The third-order valence-electron chi connectivity index (χ3n) is 2.77. The molecule has 0 saturated carbocycles. The van der Waals surface area contributed by atoms with E-state index in [1.54, 1.807) is 0 Å². The Hall–Kier alpha value is -1.67. The highest BCUT2D eigenvalue weighted by atomic mass is 79.9. The smallest absolute Gasteiger partial charge is 0.0844 e. The van der Waals surface area contributed by atoms with Crippen LogP contribution >= 0.6 is 15.9 Å². The van der Waals surface area contributed by atoms with E-state index in [-0.39, 0.29) is 0 Å². The molecule has 0 aliphatic carbocycles. The highest BCUT2D eigenvalue weighted by molar-refractivity contribution is 9.10. The summed E-state index contributed by atoms with van der Waals surface area (Å²) in [6.45, 7) is 0. The number of rotatable bonds is 1. The SMILES string of the molecule is Brc1cccc2cc(-c3ccccc3)cnc12.